The van der Waals surface area contributed by atoms with E-state index in [4.69, 9.17) is 10.9 Å². The number of nitrogens with zero attached hydrogens (tertiary/aromatic N) is 2. The van der Waals surface area contributed by atoms with Gasteiger partial charge >= 0.3 is 0 Å². The molecule has 0 fully saturated rings. The number of hydrazine groups is 1. The molecule has 94 valence electrons. The van der Waals surface area contributed by atoms with Crippen LogP contribution >= 0.6 is 0 Å². The number of aliphatic hydroxyl groups is 1. The van der Waals surface area contributed by atoms with Gasteiger partial charge in [0.2, 0.25) is 0 Å². The molecule has 1 aromatic rings. The first kappa shape index (κ1) is 13.6. The summed E-state index contributed by atoms with van der Waals surface area (Å²) >= 11 is 0. The number of amides is 1. The highest BCUT2D eigenvalue weighted by molar-refractivity contribution is 5.94. The van der Waals surface area contributed by atoms with Crippen molar-refractivity contribution in [1.82, 2.24) is 15.3 Å². The number of nitrogen functional groups attached to an aromatic ring is 1. The molecule has 0 aliphatic heterocycles. The van der Waals surface area contributed by atoms with E-state index >= 15 is 0 Å². The number of rotatable bonds is 6. The summed E-state index contributed by atoms with van der Waals surface area (Å²) in [5.41, 5.74) is 3.26. The summed E-state index contributed by atoms with van der Waals surface area (Å²) in [5, 5.41) is 8.74. The number of carbonyl (C=O) groups is 1. The average molecular weight is 238 g/mol. The molecule has 0 radical (unpaired) electrons. The van der Waals surface area contributed by atoms with Crippen molar-refractivity contribution >= 4 is 5.91 Å². The minimum absolute atomic E-state index is 0.155. The number of nitrogens with one attached hydrogen (secondary N) is 1. The quantitative estimate of drug-likeness (QED) is 0.353. The lowest BCUT2D eigenvalue weighted by atomic mass is 10.1. The highest BCUT2D eigenvalue weighted by Gasteiger charge is 2.12. The Balaban J connectivity index is 2.73. The molecule has 0 bridgehead atoms. The van der Waals surface area contributed by atoms with Gasteiger partial charge in [0.05, 0.1) is 11.3 Å². The van der Waals surface area contributed by atoms with Crippen molar-refractivity contribution < 1.29 is 9.90 Å². The number of aliphatic hydroxyl groups excluding tert-OH is 1. The molecule has 1 aromatic heterocycles. The Morgan fingerprint density at radius 2 is 2.41 bits per heavy atom. The van der Waals surface area contributed by atoms with Crippen molar-refractivity contribution in [2.45, 2.75) is 13.0 Å². The summed E-state index contributed by atoms with van der Waals surface area (Å²) in [4.78, 5) is 17.7. The number of carbonyl (C=O) groups excluding carboxylic acids is 1. The van der Waals surface area contributed by atoms with Gasteiger partial charge in [-0.05, 0) is 25.6 Å². The number of hydrogen-bond acceptors (Lipinski definition) is 5. The van der Waals surface area contributed by atoms with E-state index in [0.717, 1.165) is 6.54 Å². The molecule has 0 atom stereocenters. The molecule has 0 saturated carbocycles. The predicted molar refractivity (Wildman–Crippen MR) is 63.9 cm³/mol. The van der Waals surface area contributed by atoms with Crippen LogP contribution in [0.3, 0.4) is 0 Å². The molecule has 0 aliphatic carbocycles. The second kappa shape index (κ2) is 6.95. The van der Waals surface area contributed by atoms with Gasteiger partial charge in [0, 0.05) is 25.9 Å². The van der Waals surface area contributed by atoms with E-state index in [-0.39, 0.29) is 12.5 Å². The Kier molecular flexibility index (Phi) is 5.55. The third-order valence-corrected chi connectivity index (χ3v) is 2.38. The number of aromatic nitrogens is 1. The van der Waals surface area contributed by atoms with E-state index < -0.39 is 0 Å². The van der Waals surface area contributed by atoms with Gasteiger partial charge < -0.3 is 10.0 Å². The van der Waals surface area contributed by atoms with E-state index in [1.54, 1.807) is 18.3 Å². The molecule has 1 amide bonds. The molecule has 0 unspecified atom stereocenters. The molecular formula is C11H18N4O2. The first-order chi connectivity index (χ1) is 8.19. The Hall–Kier alpha value is -1.50. The van der Waals surface area contributed by atoms with Crippen LogP contribution in [-0.2, 0) is 6.54 Å². The van der Waals surface area contributed by atoms with E-state index in [2.05, 4.69) is 10.4 Å². The van der Waals surface area contributed by atoms with Crippen LogP contribution in [0.25, 0.3) is 0 Å². The molecule has 1 heterocycles. The maximum absolute atomic E-state index is 11.5. The molecule has 6 heteroatoms. The second-order valence-electron chi connectivity index (χ2n) is 3.79. The van der Waals surface area contributed by atoms with Crippen molar-refractivity contribution in [1.29, 1.82) is 0 Å². The maximum Gasteiger partial charge on any atom is 0.267 e. The maximum atomic E-state index is 11.5. The Morgan fingerprint density at radius 3 is 3.06 bits per heavy atom. The van der Waals surface area contributed by atoms with E-state index in [1.165, 1.54) is 0 Å². The van der Waals surface area contributed by atoms with Crippen LogP contribution in [0.15, 0.2) is 18.3 Å². The zero-order valence-corrected chi connectivity index (χ0v) is 9.89. The molecule has 4 N–H and O–H groups in total. The minimum atomic E-state index is -0.344. The van der Waals surface area contributed by atoms with Crippen molar-refractivity contribution in [2.75, 3.05) is 20.2 Å². The Labute approximate surface area is 100 Å². The molecule has 1 rings (SSSR count). The fourth-order valence-corrected chi connectivity index (χ4v) is 1.52. The van der Waals surface area contributed by atoms with Gasteiger partial charge in [-0.1, -0.05) is 0 Å². The van der Waals surface area contributed by atoms with Gasteiger partial charge in [-0.3, -0.25) is 15.2 Å². The normalized spacial score (nSPS) is 10.6. The highest BCUT2D eigenvalue weighted by Crippen LogP contribution is 2.07. The van der Waals surface area contributed by atoms with Crippen LogP contribution in [0.1, 0.15) is 22.5 Å². The highest BCUT2D eigenvalue weighted by atomic mass is 16.3. The zero-order chi connectivity index (χ0) is 12.7. The van der Waals surface area contributed by atoms with Gasteiger partial charge in [0.1, 0.15) is 0 Å². The molecular weight excluding hydrogens is 220 g/mol. The Morgan fingerprint density at radius 1 is 1.65 bits per heavy atom. The molecule has 6 nitrogen and oxygen atoms in total. The van der Waals surface area contributed by atoms with Crippen LogP contribution in [-0.4, -0.2) is 41.1 Å². The SMILES string of the molecule is CN(CCCO)Cc1ncccc1C(=O)NN. The van der Waals surface area contributed by atoms with Gasteiger partial charge in [-0.2, -0.15) is 0 Å². The summed E-state index contributed by atoms with van der Waals surface area (Å²) < 4.78 is 0. The van der Waals surface area contributed by atoms with Crippen molar-refractivity contribution in [3.8, 4) is 0 Å². The number of hydrogen-bond donors (Lipinski definition) is 3. The fourth-order valence-electron chi connectivity index (χ4n) is 1.52. The van der Waals surface area contributed by atoms with Gasteiger partial charge in [0.25, 0.3) is 5.91 Å². The lowest BCUT2D eigenvalue weighted by Crippen LogP contribution is -2.32. The minimum Gasteiger partial charge on any atom is -0.396 e. The lowest BCUT2D eigenvalue weighted by Gasteiger charge is -2.16. The summed E-state index contributed by atoms with van der Waals surface area (Å²) in [6.45, 7) is 1.45. The summed E-state index contributed by atoms with van der Waals surface area (Å²) in [7, 11) is 1.91. The third kappa shape index (κ3) is 4.10. The summed E-state index contributed by atoms with van der Waals surface area (Å²) in [6.07, 6.45) is 2.34. The lowest BCUT2D eigenvalue weighted by molar-refractivity contribution is 0.0951. The van der Waals surface area contributed by atoms with E-state index in [9.17, 15) is 4.79 Å². The predicted octanol–water partition coefficient (Wildman–Crippen LogP) is -0.501. The molecule has 17 heavy (non-hydrogen) atoms. The van der Waals surface area contributed by atoms with Crippen LogP contribution in [0.2, 0.25) is 0 Å². The number of nitrogens with two attached hydrogens (primary N) is 1. The average Bonchev–Trinajstić information content (AvgIpc) is 2.36. The number of pyridine rings is 1. The van der Waals surface area contributed by atoms with Crippen LogP contribution in [0.4, 0.5) is 0 Å². The van der Waals surface area contributed by atoms with Crippen LogP contribution in [0, 0.1) is 0 Å². The molecule has 0 aromatic carbocycles. The summed E-state index contributed by atoms with van der Waals surface area (Å²) in [5.74, 6) is 4.77. The second-order valence-corrected chi connectivity index (χ2v) is 3.79. The first-order valence-electron chi connectivity index (χ1n) is 5.43. The van der Waals surface area contributed by atoms with Gasteiger partial charge in [0.15, 0.2) is 0 Å². The van der Waals surface area contributed by atoms with E-state index in [1.807, 2.05) is 11.9 Å². The largest absolute Gasteiger partial charge is 0.396 e. The van der Waals surface area contributed by atoms with Crippen LogP contribution in [0.5, 0.6) is 0 Å². The fraction of sp³-hybridized carbons (Fsp3) is 0.455. The van der Waals surface area contributed by atoms with Crippen molar-refractivity contribution in [2.24, 2.45) is 5.84 Å². The summed E-state index contributed by atoms with van der Waals surface area (Å²) in [6, 6.07) is 3.38. The van der Waals surface area contributed by atoms with Gasteiger partial charge in [-0.25, -0.2) is 5.84 Å². The molecule has 0 aliphatic rings. The van der Waals surface area contributed by atoms with Crippen molar-refractivity contribution in [3.63, 3.8) is 0 Å². The zero-order valence-electron chi connectivity index (χ0n) is 9.89. The topological polar surface area (TPSA) is 91.5 Å². The molecule has 0 spiro atoms. The van der Waals surface area contributed by atoms with Crippen LogP contribution < -0.4 is 11.3 Å². The first-order valence-corrected chi connectivity index (χ1v) is 5.43. The van der Waals surface area contributed by atoms with E-state index in [0.29, 0.717) is 24.2 Å². The van der Waals surface area contributed by atoms with Gasteiger partial charge in [-0.15, -0.1) is 0 Å². The molecule has 0 saturated heterocycles. The monoisotopic (exact) mass is 238 g/mol. The smallest absolute Gasteiger partial charge is 0.267 e. The Bertz CT molecular complexity index is 370. The third-order valence-electron chi connectivity index (χ3n) is 2.38. The van der Waals surface area contributed by atoms with Crippen molar-refractivity contribution in [3.05, 3.63) is 29.6 Å². The standard InChI is InChI=1S/C11H18N4O2/c1-15(6-3-7-16)8-10-9(11(17)14-12)4-2-5-13-10/h2,4-5,16H,3,6-8,12H2,1H3,(H,14,17).